The van der Waals surface area contributed by atoms with Crippen LogP contribution in [0.25, 0.3) is 22.3 Å². The molecule has 2 aromatic heterocycles. The van der Waals surface area contributed by atoms with E-state index in [4.69, 9.17) is 15.6 Å². The number of piperidine rings is 2. The minimum Gasteiger partial charge on any atom is -0.457 e. The monoisotopic (exact) mass is 840 g/mol. The number of hydrogen-bond donors (Lipinski definition) is 2. The third-order valence-electron chi connectivity index (χ3n) is 12.9. The van der Waals surface area contributed by atoms with Crippen molar-refractivity contribution < 1.29 is 23.9 Å². The lowest BCUT2D eigenvalue weighted by atomic mass is 9.92. The number of rotatable bonds is 16. The van der Waals surface area contributed by atoms with E-state index in [-0.39, 0.29) is 35.9 Å². The summed E-state index contributed by atoms with van der Waals surface area (Å²) in [7, 11) is 3.04. The first-order valence-corrected chi connectivity index (χ1v) is 21.8. The van der Waals surface area contributed by atoms with E-state index in [9.17, 15) is 19.2 Å². The Hall–Kier alpha value is -6.19. The Kier molecular flexibility index (Phi) is 13.2. The zero-order valence-corrected chi connectivity index (χ0v) is 35.6. The summed E-state index contributed by atoms with van der Waals surface area (Å²) < 4.78 is 8.09. The molecule has 0 bridgehead atoms. The van der Waals surface area contributed by atoms with Gasteiger partial charge in [-0.3, -0.25) is 14.4 Å². The molecule has 5 heterocycles. The summed E-state index contributed by atoms with van der Waals surface area (Å²) in [6.45, 7) is 8.12. The van der Waals surface area contributed by atoms with Crippen molar-refractivity contribution >= 4 is 46.9 Å². The fraction of sp³-hybridized carbons (Fsp3) is 0.426. The van der Waals surface area contributed by atoms with Crippen LogP contribution in [0.15, 0.2) is 79.1 Å². The van der Waals surface area contributed by atoms with Gasteiger partial charge in [0.1, 0.15) is 41.7 Å². The lowest BCUT2D eigenvalue weighted by molar-refractivity contribution is -0.125. The van der Waals surface area contributed by atoms with E-state index in [0.717, 1.165) is 111 Å². The first-order valence-electron chi connectivity index (χ1n) is 21.8. The molecule has 2 amide bonds. The maximum atomic E-state index is 13.6. The normalized spacial score (nSPS) is 17.4. The number of nitrogens with zero attached hydrogens (tertiary/aromatic N) is 8. The maximum absolute atomic E-state index is 13.6. The lowest BCUT2D eigenvalue weighted by Crippen LogP contribution is -2.53. The fourth-order valence-electron chi connectivity index (χ4n) is 9.34. The summed E-state index contributed by atoms with van der Waals surface area (Å²) in [6, 6.07) is 22.4. The van der Waals surface area contributed by atoms with Gasteiger partial charge >= 0.3 is 0 Å². The van der Waals surface area contributed by atoms with Crippen molar-refractivity contribution in [2.24, 2.45) is 11.8 Å². The number of carbonyl (C=O) groups is 4. The van der Waals surface area contributed by atoms with Crippen molar-refractivity contribution in [3.63, 3.8) is 0 Å². The highest BCUT2D eigenvalue weighted by atomic mass is 16.5. The van der Waals surface area contributed by atoms with Crippen molar-refractivity contribution in [1.29, 1.82) is 0 Å². The Bertz CT molecular complexity index is 2350. The number of likely N-dealkylation sites (N-methyl/N-ethyl adjacent to an activating group) is 2. The second-order valence-electron chi connectivity index (χ2n) is 16.9. The van der Waals surface area contributed by atoms with Crippen LogP contribution in [0.3, 0.4) is 0 Å². The molecule has 3 fully saturated rings. The number of fused-ring (bicyclic) bond motifs is 1. The van der Waals surface area contributed by atoms with Crippen LogP contribution in [0.2, 0.25) is 0 Å². The fourth-order valence-corrected chi connectivity index (χ4v) is 9.34. The van der Waals surface area contributed by atoms with Crippen molar-refractivity contribution in [3.05, 3.63) is 90.3 Å². The third-order valence-corrected chi connectivity index (χ3v) is 12.9. The summed E-state index contributed by atoms with van der Waals surface area (Å²) >= 11 is 0. The first kappa shape index (κ1) is 42.5. The molecule has 1 atom stereocenters. The van der Waals surface area contributed by atoms with Gasteiger partial charge in [0.15, 0.2) is 11.9 Å². The molecular formula is C47H56N10O5. The lowest BCUT2D eigenvalue weighted by Gasteiger charge is -2.45. The molecule has 15 nitrogen and oxygen atoms in total. The summed E-state index contributed by atoms with van der Waals surface area (Å²) in [5, 5.41) is 8.49. The molecule has 5 aromatic rings. The van der Waals surface area contributed by atoms with Gasteiger partial charge < -0.3 is 40.2 Å². The smallest absolute Gasteiger partial charge is 0.255 e. The molecule has 3 N–H and O–H groups in total. The number of amides is 2. The van der Waals surface area contributed by atoms with E-state index in [2.05, 4.69) is 34.7 Å². The zero-order valence-electron chi connectivity index (χ0n) is 35.6. The highest BCUT2D eigenvalue weighted by Crippen LogP contribution is 2.36. The molecular weight excluding hydrogens is 785 g/mol. The van der Waals surface area contributed by atoms with E-state index in [1.807, 2.05) is 60.7 Å². The molecule has 3 saturated heterocycles. The van der Waals surface area contributed by atoms with Crippen molar-refractivity contribution in [1.82, 2.24) is 39.8 Å². The van der Waals surface area contributed by atoms with Crippen molar-refractivity contribution in [2.45, 2.75) is 50.6 Å². The van der Waals surface area contributed by atoms with E-state index < -0.39 is 11.9 Å². The molecule has 0 radical (unpaired) electrons. The average molecular weight is 841 g/mol. The van der Waals surface area contributed by atoms with Gasteiger partial charge in [0.05, 0.1) is 17.0 Å². The number of anilines is 2. The quantitative estimate of drug-likeness (QED) is 0.123. The van der Waals surface area contributed by atoms with Crippen LogP contribution in [-0.2, 0) is 9.59 Å². The first-order chi connectivity index (χ1) is 30.2. The largest absolute Gasteiger partial charge is 0.457 e. The molecule has 0 aliphatic carbocycles. The molecule has 0 saturated carbocycles. The van der Waals surface area contributed by atoms with E-state index in [1.54, 1.807) is 12.1 Å². The standard InChI is InChI=1S/C47H56N10O5/c1-49-46(60)41(9-6-24-58)53(2)47(61)40-25-37(13-10-35(40)30-59)56-28-33(29-56)27-54-20-16-32(17-21-54)26-55-22-18-36(19-23-55)57-45-42(44(48)50-31-51-45)43(52-57)34-11-14-39(15-12-34)62-38-7-4-3-5-8-38/h3-5,7-8,10-15,24-25,30-33,36,41H,6,9,16-23,26-29H2,1-2H3,(H,49,60)(H2,48,50,51). The van der Waals surface area contributed by atoms with Crippen LogP contribution in [0.1, 0.15) is 65.3 Å². The number of aromatic nitrogens is 4. The molecule has 3 aliphatic rings. The van der Waals surface area contributed by atoms with Crippen molar-refractivity contribution in [2.75, 3.05) is 77.1 Å². The van der Waals surface area contributed by atoms with Crippen LogP contribution in [-0.4, -0.2) is 131 Å². The number of para-hydroxylation sites is 1. The SMILES string of the molecule is CNC(=O)C(CCC=O)N(C)C(=O)c1cc(N2CC(CN3CCC(CN4CCC(n5nc(-c6ccc(Oc7ccccc7)cc6)c6c(N)ncnc65)CC4)CC3)C2)ccc1C=O. The third kappa shape index (κ3) is 9.33. The van der Waals surface area contributed by atoms with E-state index in [1.165, 1.54) is 38.2 Å². The molecule has 62 heavy (non-hydrogen) atoms. The predicted molar refractivity (Wildman–Crippen MR) is 238 cm³/mol. The Balaban J connectivity index is 0.803. The number of nitrogens with one attached hydrogen (secondary N) is 1. The average Bonchev–Trinajstić information content (AvgIpc) is 3.69. The highest BCUT2D eigenvalue weighted by molar-refractivity contribution is 6.04. The summed E-state index contributed by atoms with van der Waals surface area (Å²) in [5.74, 6) is 2.37. The van der Waals surface area contributed by atoms with Crippen LogP contribution >= 0.6 is 0 Å². The summed E-state index contributed by atoms with van der Waals surface area (Å²) in [4.78, 5) is 66.9. The van der Waals surface area contributed by atoms with Gasteiger partial charge in [0, 0.05) is 82.5 Å². The van der Waals surface area contributed by atoms with Crippen LogP contribution in [0, 0.1) is 11.8 Å². The number of ether oxygens (including phenoxy) is 1. The minimum atomic E-state index is -0.817. The summed E-state index contributed by atoms with van der Waals surface area (Å²) in [6.07, 6.45) is 7.63. The Morgan fingerprint density at radius 2 is 1.56 bits per heavy atom. The number of likely N-dealkylation sites (tertiary alicyclic amines) is 2. The van der Waals surface area contributed by atoms with Gasteiger partial charge in [-0.05, 0) is 106 Å². The van der Waals surface area contributed by atoms with Gasteiger partial charge in [-0.25, -0.2) is 14.6 Å². The number of benzene rings is 3. The molecule has 3 aliphatic heterocycles. The molecule has 0 spiro atoms. The molecule has 324 valence electrons. The molecule has 15 heteroatoms. The van der Waals surface area contributed by atoms with Crippen LogP contribution < -0.4 is 20.7 Å². The minimum absolute atomic E-state index is 0.146. The number of nitrogen functional groups attached to an aromatic ring is 1. The van der Waals surface area contributed by atoms with Gasteiger partial charge in [-0.15, -0.1) is 0 Å². The topological polar surface area (TPSA) is 172 Å². The Labute approximate surface area is 362 Å². The van der Waals surface area contributed by atoms with Crippen LogP contribution in [0.4, 0.5) is 11.5 Å². The molecule has 8 rings (SSSR count). The summed E-state index contributed by atoms with van der Waals surface area (Å²) in [5.41, 5.74) is 10.4. The Morgan fingerprint density at radius 3 is 2.24 bits per heavy atom. The second-order valence-corrected chi connectivity index (χ2v) is 16.9. The van der Waals surface area contributed by atoms with E-state index in [0.29, 0.717) is 23.9 Å². The van der Waals surface area contributed by atoms with Crippen LogP contribution in [0.5, 0.6) is 11.5 Å². The van der Waals surface area contributed by atoms with Crippen molar-refractivity contribution in [3.8, 4) is 22.8 Å². The highest BCUT2D eigenvalue weighted by Gasteiger charge is 2.33. The molecule has 1 unspecified atom stereocenters. The number of hydrogen-bond acceptors (Lipinski definition) is 12. The number of carbonyl (C=O) groups excluding carboxylic acids is 4. The van der Waals surface area contributed by atoms with Gasteiger partial charge in [-0.2, -0.15) is 5.10 Å². The number of nitrogens with two attached hydrogens (primary N) is 1. The zero-order chi connectivity index (χ0) is 43.2. The predicted octanol–water partition coefficient (Wildman–Crippen LogP) is 5.33. The second kappa shape index (κ2) is 19.2. The van der Waals surface area contributed by atoms with Gasteiger partial charge in [-0.1, -0.05) is 18.2 Å². The molecule has 3 aromatic carbocycles. The Morgan fingerprint density at radius 1 is 0.887 bits per heavy atom. The number of aldehydes is 2. The maximum Gasteiger partial charge on any atom is 0.255 e. The van der Waals surface area contributed by atoms with Gasteiger partial charge in [0.2, 0.25) is 5.91 Å². The van der Waals surface area contributed by atoms with E-state index >= 15 is 0 Å². The van der Waals surface area contributed by atoms with Gasteiger partial charge in [0.25, 0.3) is 5.91 Å².